The number of nitrogens with zero attached hydrogens (tertiary/aromatic N) is 2. The van der Waals surface area contributed by atoms with Gasteiger partial charge in [0, 0.05) is 4.57 Å². The lowest BCUT2D eigenvalue weighted by atomic mass is 10.5. The molecule has 0 spiro atoms. The summed E-state index contributed by atoms with van der Waals surface area (Å²) in [5.74, 6) is 0. The van der Waals surface area contributed by atoms with E-state index in [1.807, 2.05) is 0 Å². The minimum absolute atomic E-state index is 0.179. The lowest BCUT2D eigenvalue weighted by Gasteiger charge is -1.89. The van der Waals surface area contributed by atoms with Crippen molar-refractivity contribution < 1.29 is 13.6 Å². The summed E-state index contributed by atoms with van der Waals surface area (Å²) in [7, 11) is -2.14. The van der Waals surface area contributed by atoms with Gasteiger partial charge in [-0.3, -0.25) is 0 Å². The number of hydrogen-bond acceptors (Lipinski definition) is 5. The van der Waals surface area contributed by atoms with Crippen molar-refractivity contribution in [1.29, 1.82) is 0 Å². The van der Waals surface area contributed by atoms with Gasteiger partial charge < -0.3 is 9.97 Å². The lowest BCUT2D eigenvalue weighted by Crippen LogP contribution is -1.89. The van der Waals surface area contributed by atoms with Crippen LogP contribution < -0.4 is 0 Å². The van der Waals surface area contributed by atoms with E-state index in [9.17, 15) is 4.57 Å². The zero-order valence-corrected chi connectivity index (χ0v) is 9.18. The van der Waals surface area contributed by atoms with Crippen LogP contribution in [-0.4, -0.2) is 19.9 Å². The van der Waals surface area contributed by atoms with E-state index in [2.05, 4.69) is 19.9 Å². The molecular formula is C8H10N4O3P+. The Morgan fingerprint density at radius 1 is 1.06 bits per heavy atom. The van der Waals surface area contributed by atoms with Crippen molar-refractivity contribution in [3.05, 3.63) is 36.4 Å². The molecule has 2 aromatic heterocycles. The minimum Gasteiger partial charge on any atom is -0.346 e. The molecular weight excluding hydrogens is 231 g/mol. The molecule has 16 heavy (non-hydrogen) atoms. The summed E-state index contributed by atoms with van der Waals surface area (Å²) in [6, 6.07) is 0. The second kappa shape index (κ2) is 5.50. The number of aromatic amines is 2. The number of hydrogen-bond donors (Lipinski definition) is 2. The quantitative estimate of drug-likeness (QED) is 0.748. The molecule has 0 aliphatic rings. The third-order valence-electron chi connectivity index (χ3n) is 1.76. The first-order chi connectivity index (χ1) is 7.84. The zero-order chi connectivity index (χ0) is 11.2. The third-order valence-corrected chi connectivity index (χ3v) is 2.44. The van der Waals surface area contributed by atoms with E-state index in [0.717, 1.165) is 11.4 Å². The van der Waals surface area contributed by atoms with E-state index >= 15 is 0 Å². The monoisotopic (exact) mass is 241 g/mol. The Morgan fingerprint density at radius 3 is 1.94 bits per heavy atom. The van der Waals surface area contributed by atoms with E-state index in [4.69, 9.17) is 9.05 Å². The molecule has 0 amide bonds. The molecule has 0 aliphatic heterocycles. The highest BCUT2D eigenvalue weighted by molar-refractivity contribution is 7.33. The third kappa shape index (κ3) is 3.23. The summed E-state index contributed by atoms with van der Waals surface area (Å²) in [4.78, 5) is 13.3. The van der Waals surface area contributed by atoms with Gasteiger partial charge in [-0.1, -0.05) is 0 Å². The Morgan fingerprint density at radius 2 is 1.56 bits per heavy atom. The van der Waals surface area contributed by atoms with Crippen molar-refractivity contribution in [2.45, 2.75) is 13.2 Å². The molecule has 7 nitrogen and oxygen atoms in total. The average molecular weight is 241 g/mol. The Labute approximate surface area is 92.2 Å². The van der Waals surface area contributed by atoms with Gasteiger partial charge in [0.2, 0.25) is 0 Å². The number of nitrogens with one attached hydrogen (secondary N) is 2. The van der Waals surface area contributed by atoms with Gasteiger partial charge in [0.05, 0.1) is 36.4 Å². The van der Waals surface area contributed by atoms with Crippen LogP contribution >= 0.6 is 8.25 Å². The fourth-order valence-corrected chi connectivity index (χ4v) is 1.57. The molecule has 0 bridgehead atoms. The molecule has 0 aliphatic carbocycles. The highest BCUT2D eigenvalue weighted by atomic mass is 31.1. The number of imidazole rings is 2. The molecule has 0 aromatic carbocycles. The zero-order valence-electron chi connectivity index (χ0n) is 8.29. The van der Waals surface area contributed by atoms with Crippen LogP contribution in [0, 0.1) is 0 Å². The van der Waals surface area contributed by atoms with Crippen molar-refractivity contribution in [3.8, 4) is 0 Å². The first-order valence-corrected chi connectivity index (χ1v) is 5.62. The molecule has 0 atom stereocenters. The molecule has 2 aromatic rings. The van der Waals surface area contributed by atoms with Crippen molar-refractivity contribution in [3.63, 3.8) is 0 Å². The standard InChI is InChI=1S/C8H10N4O3P/c13-16(14-3-7-1-9-5-11-7)15-4-8-2-10-6-12-8/h1-2,5-6H,3-4H2,(H,9,11)(H,10,12)/q+1. The minimum atomic E-state index is -2.14. The first-order valence-electron chi connectivity index (χ1n) is 4.52. The van der Waals surface area contributed by atoms with Gasteiger partial charge in [-0.15, -0.1) is 9.05 Å². The predicted molar refractivity (Wildman–Crippen MR) is 54.4 cm³/mol. The summed E-state index contributed by atoms with van der Waals surface area (Å²) in [6.07, 6.45) is 6.24. The summed E-state index contributed by atoms with van der Waals surface area (Å²) in [6.45, 7) is 0.357. The predicted octanol–water partition coefficient (Wildman–Crippen LogP) is 1.52. The molecule has 0 radical (unpaired) electrons. The Hall–Kier alpha value is -1.56. The molecule has 84 valence electrons. The van der Waals surface area contributed by atoms with Crippen LogP contribution in [0.1, 0.15) is 11.4 Å². The van der Waals surface area contributed by atoms with Crippen LogP contribution in [0.5, 0.6) is 0 Å². The fourth-order valence-electron chi connectivity index (χ4n) is 1.01. The molecule has 2 N–H and O–H groups in total. The molecule has 0 fully saturated rings. The van der Waals surface area contributed by atoms with Gasteiger partial charge in [-0.05, 0) is 0 Å². The lowest BCUT2D eigenvalue weighted by molar-refractivity contribution is 0.209. The Balaban J connectivity index is 1.69. The summed E-state index contributed by atoms with van der Waals surface area (Å²) in [5, 5.41) is 0. The molecule has 0 unspecified atom stereocenters. The number of aromatic nitrogens is 4. The van der Waals surface area contributed by atoms with Crippen molar-refractivity contribution in [2.75, 3.05) is 0 Å². The summed E-state index contributed by atoms with van der Waals surface area (Å²) < 4.78 is 21.2. The van der Waals surface area contributed by atoms with Crippen molar-refractivity contribution in [2.24, 2.45) is 0 Å². The second-order valence-electron chi connectivity index (χ2n) is 2.92. The number of H-pyrrole nitrogens is 2. The SMILES string of the molecule is O=[P+](OCc1cnc[nH]1)OCc1cnc[nH]1. The molecule has 0 saturated carbocycles. The van der Waals surface area contributed by atoms with E-state index in [-0.39, 0.29) is 13.2 Å². The van der Waals surface area contributed by atoms with Crippen LogP contribution in [0.4, 0.5) is 0 Å². The maximum Gasteiger partial charge on any atom is 0.698 e. The van der Waals surface area contributed by atoms with E-state index < -0.39 is 8.25 Å². The van der Waals surface area contributed by atoms with Gasteiger partial charge >= 0.3 is 8.25 Å². The normalized spacial score (nSPS) is 10.5. The van der Waals surface area contributed by atoms with Crippen LogP contribution in [0.15, 0.2) is 25.0 Å². The van der Waals surface area contributed by atoms with Crippen LogP contribution in [0.25, 0.3) is 0 Å². The van der Waals surface area contributed by atoms with Gasteiger partial charge in [-0.25, -0.2) is 9.97 Å². The van der Waals surface area contributed by atoms with E-state index in [0.29, 0.717) is 0 Å². The second-order valence-corrected chi connectivity index (χ2v) is 3.89. The molecule has 0 saturated heterocycles. The summed E-state index contributed by atoms with van der Waals surface area (Å²) >= 11 is 0. The fraction of sp³-hybridized carbons (Fsp3) is 0.250. The largest absolute Gasteiger partial charge is 0.698 e. The van der Waals surface area contributed by atoms with Gasteiger partial charge in [-0.2, -0.15) is 0 Å². The van der Waals surface area contributed by atoms with Gasteiger partial charge in [0.15, 0.2) is 0 Å². The van der Waals surface area contributed by atoms with Gasteiger partial charge in [0.1, 0.15) is 13.2 Å². The van der Waals surface area contributed by atoms with Crippen LogP contribution in [-0.2, 0) is 26.8 Å². The van der Waals surface area contributed by atoms with Crippen LogP contribution in [0.3, 0.4) is 0 Å². The number of rotatable bonds is 6. The average Bonchev–Trinajstić information content (AvgIpc) is 2.96. The van der Waals surface area contributed by atoms with Gasteiger partial charge in [0.25, 0.3) is 0 Å². The molecule has 8 heteroatoms. The Bertz CT molecular complexity index is 388. The van der Waals surface area contributed by atoms with Crippen molar-refractivity contribution in [1.82, 2.24) is 19.9 Å². The highest BCUT2D eigenvalue weighted by Gasteiger charge is 2.21. The maximum absolute atomic E-state index is 11.3. The molecule has 2 heterocycles. The van der Waals surface area contributed by atoms with Crippen molar-refractivity contribution >= 4 is 8.25 Å². The van der Waals surface area contributed by atoms with E-state index in [1.165, 1.54) is 12.7 Å². The highest BCUT2D eigenvalue weighted by Crippen LogP contribution is 2.26. The maximum atomic E-state index is 11.3. The smallest absolute Gasteiger partial charge is 0.346 e. The first kappa shape index (κ1) is 10.9. The summed E-state index contributed by atoms with van der Waals surface area (Å²) in [5.41, 5.74) is 1.49. The van der Waals surface area contributed by atoms with Crippen LogP contribution in [0.2, 0.25) is 0 Å². The topological polar surface area (TPSA) is 92.9 Å². The molecule has 2 rings (SSSR count). The Kier molecular flexibility index (Phi) is 3.76. The van der Waals surface area contributed by atoms with E-state index in [1.54, 1.807) is 12.4 Å².